The van der Waals surface area contributed by atoms with E-state index in [9.17, 15) is 4.39 Å². The van der Waals surface area contributed by atoms with E-state index in [4.69, 9.17) is 19.3 Å². The van der Waals surface area contributed by atoms with E-state index in [2.05, 4.69) is 10.2 Å². The van der Waals surface area contributed by atoms with Crippen LogP contribution in [0, 0.1) is 5.82 Å². The molecule has 6 nitrogen and oxygen atoms in total. The molecule has 0 unspecified atom stereocenters. The van der Waals surface area contributed by atoms with E-state index in [1.54, 1.807) is 12.1 Å². The summed E-state index contributed by atoms with van der Waals surface area (Å²) < 4.78 is 28.9. The van der Waals surface area contributed by atoms with Crippen molar-refractivity contribution in [3.8, 4) is 23.0 Å². The van der Waals surface area contributed by atoms with Gasteiger partial charge in [0.05, 0.1) is 32.7 Å². The van der Waals surface area contributed by atoms with Crippen LogP contribution in [0.3, 0.4) is 0 Å². The first-order chi connectivity index (χ1) is 10.6. The molecule has 0 bridgehead atoms. The van der Waals surface area contributed by atoms with E-state index in [-0.39, 0.29) is 5.69 Å². The molecule has 0 saturated heterocycles. The first-order valence-electron chi connectivity index (χ1n) is 6.29. The average molecular weight is 306 g/mol. The molecular formula is C15H15FN2O4. The van der Waals surface area contributed by atoms with Crippen molar-refractivity contribution in [1.82, 2.24) is 0 Å². The van der Waals surface area contributed by atoms with Gasteiger partial charge in [-0.15, -0.1) is 0 Å². The molecule has 0 spiro atoms. The molecule has 2 aromatic rings. The van der Waals surface area contributed by atoms with Crippen LogP contribution in [0.15, 0.2) is 40.6 Å². The molecule has 116 valence electrons. The molecule has 2 rings (SSSR count). The lowest BCUT2D eigenvalue weighted by Crippen LogP contribution is -1.94. The van der Waals surface area contributed by atoms with Crippen molar-refractivity contribution >= 4 is 11.4 Å². The van der Waals surface area contributed by atoms with Gasteiger partial charge >= 0.3 is 0 Å². The number of benzene rings is 2. The number of nitrogens with zero attached hydrogens (tertiary/aromatic N) is 2. The minimum Gasteiger partial charge on any atom is -0.505 e. The van der Waals surface area contributed by atoms with Crippen LogP contribution in [0.25, 0.3) is 0 Å². The first kappa shape index (κ1) is 15.6. The van der Waals surface area contributed by atoms with Gasteiger partial charge in [0, 0.05) is 18.2 Å². The summed E-state index contributed by atoms with van der Waals surface area (Å²) in [6.07, 6.45) is 0. The Bertz CT molecular complexity index is 679. The highest BCUT2D eigenvalue weighted by atomic mass is 19.1. The van der Waals surface area contributed by atoms with E-state index in [1.807, 2.05) is 0 Å². The molecule has 0 atom stereocenters. The Kier molecular flexibility index (Phi) is 4.77. The third kappa shape index (κ3) is 3.25. The second-order valence-electron chi connectivity index (χ2n) is 4.22. The Morgan fingerprint density at radius 2 is 1.45 bits per heavy atom. The minimum atomic E-state index is -0.763. The topological polar surface area (TPSA) is 72.6 Å². The van der Waals surface area contributed by atoms with Crippen LogP contribution in [-0.2, 0) is 0 Å². The highest BCUT2D eigenvalue weighted by Gasteiger charge is 2.13. The summed E-state index contributed by atoms with van der Waals surface area (Å²) in [5, 5.41) is 17.0. The number of halogens is 1. The summed E-state index contributed by atoms with van der Waals surface area (Å²) in [6.45, 7) is 0. The number of phenols is 1. The Balaban J connectivity index is 2.36. The van der Waals surface area contributed by atoms with Crippen molar-refractivity contribution in [3.63, 3.8) is 0 Å². The Labute approximate surface area is 126 Å². The van der Waals surface area contributed by atoms with Gasteiger partial charge in [-0.1, -0.05) is 0 Å². The lowest BCUT2D eigenvalue weighted by Gasteiger charge is -2.12. The Morgan fingerprint density at radius 3 is 1.95 bits per heavy atom. The maximum Gasteiger partial charge on any atom is 0.203 e. The fourth-order valence-electron chi connectivity index (χ4n) is 1.80. The summed E-state index contributed by atoms with van der Waals surface area (Å²) in [5.41, 5.74) is 0.715. The molecule has 0 aliphatic heterocycles. The van der Waals surface area contributed by atoms with Gasteiger partial charge in [0.1, 0.15) is 0 Å². The van der Waals surface area contributed by atoms with Crippen LogP contribution < -0.4 is 14.2 Å². The van der Waals surface area contributed by atoms with Crippen LogP contribution >= 0.6 is 0 Å². The van der Waals surface area contributed by atoms with E-state index < -0.39 is 11.6 Å². The van der Waals surface area contributed by atoms with Gasteiger partial charge in [0.25, 0.3) is 0 Å². The standard InChI is InChI=1S/C15H15FN2O4/c1-20-13-7-10(8-14(21-2)15(13)22-3)18-17-9-4-5-12(19)11(16)6-9/h4-8,19H,1-3H3. The molecule has 2 aromatic carbocycles. The smallest absolute Gasteiger partial charge is 0.203 e. The molecule has 7 heteroatoms. The second-order valence-corrected chi connectivity index (χ2v) is 4.22. The van der Waals surface area contributed by atoms with E-state index in [1.165, 1.54) is 33.5 Å². The summed E-state index contributed by atoms with van der Waals surface area (Å²) in [5.74, 6) is 0.119. The maximum atomic E-state index is 13.2. The quantitative estimate of drug-likeness (QED) is 0.848. The van der Waals surface area contributed by atoms with Gasteiger partial charge in [-0.05, 0) is 12.1 Å². The molecule has 0 radical (unpaired) electrons. The largest absolute Gasteiger partial charge is 0.505 e. The predicted molar refractivity (Wildman–Crippen MR) is 78.3 cm³/mol. The summed E-state index contributed by atoms with van der Waals surface area (Å²) >= 11 is 0. The molecule has 22 heavy (non-hydrogen) atoms. The number of azo groups is 1. The van der Waals surface area contributed by atoms with Crippen molar-refractivity contribution in [3.05, 3.63) is 36.1 Å². The van der Waals surface area contributed by atoms with Crippen LogP contribution in [-0.4, -0.2) is 26.4 Å². The Morgan fingerprint density at radius 1 is 0.864 bits per heavy atom. The first-order valence-corrected chi connectivity index (χ1v) is 6.29. The zero-order chi connectivity index (χ0) is 16.1. The third-order valence-electron chi connectivity index (χ3n) is 2.86. The zero-order valence-corrected chi connectivity index (χ0v) is 12.3. The molecule has 0 saturated carbocycles. The van der Waals surface area contributed by atoms with Crippen LogP contribution in [0.2, 0.25) is 0 Å². The molecule has 0 aromatic heterocycles. The van der Waals surface area contributed by atoms with Gasteiger partial charge in [0.15, 0.2) is 23.1 Å². The number of phenolic OH excluding ortho intramolecular Hbond substituents is 1. The number of rotatable bonds is 5. The second kappa shape index (κ2) is 6.75. The minimum absolute atomic E-state index is 0.268. The highest BCUT2D eigenvalue weighted by molar-refractivity contribution is 5.60. The molecule has 0 aliphatic carbocycles. The average Bonchev–Trinajstić information content (AvgIpc) is 2.54. The molecule has 1 N–H and O–H groups in total. The van der Waals surface area contributed by atoms with Crippen molar-refractivity contribution in [1.29, 1.82) is 0 Å². The zero-order valence-electron chi connectivity index (χ0n) is 12.3. The lowest BCUT2D eigenvalue weighted by atomic mass is 10.2. The molecule has 0 heterocycles. The fraction of sp³-hybridized carbons (Fsp3) is 0.200. The SMILES string of the molecule is COc1cc(N=Nc2ccc(O)c(F)c2)cc(OC)c1OC. The molecular weight excluding hydrogens is 291 g/mol. The number of hydrogen-bond donors (Lipinski definition) is 1. The van der Waals surface area contributed by atoms with Crippen molar-refractivity contribution in [2.45, 2.75) is 0 Å². The summed E-state index contributed by atoms with van der Waals surface area (Å²) in [4.78, 5) is 0. The van der Waals surface area contributed by atoms with E-state index >= 15 is 0 Å². The molecule has 0 aliphatic rings. The number of ether oxygens (including phenoxy) is 3. The lowest BCUT2D eigenvalue weighted by molar-refractivity contribution is 0.324. The fourth-order valence-corrected chi connectivity index (χ4v) is 1.80. The highest BCUT2D eigenvalue weighted by Crippen LogP contribution is 2.41. The third-order valence-corrected chi connectivity index (χ3v) is 2.86. The van der Waals surface area contributed by atoms with Crippen molar-refractivity contribution < 1.29 is 23.7 Å². The van der Waals surface area contributed by atoms with Crippen LogP contribution in [0.4, 0.5) is 15.8 Å². The monoisotopic (exact) mass is 306 g/mol. The summed E-state index contributed by atoms with van der Waals surface area (Å²) in [6, 6.07) is 6.96. The maximum absolute atomic E-state index is 13.2. The van der Waals surface area contributed by atoms with Gasteiger partial charge in [0.2, 0.25) is 5.75 Å². The van der Waals surface area contributed by atoms with E-state index in [0.717, 1.165) is 6.07 Å². The van der Waals surface area contributed by atoms with Crippen molar-refractivity contribution in [2.24, 2.45) is 10.2 Å². The van der Waals surface area contributed by atoms with Gasteiger partial charge < -0.3 is 19.3 Å². The number of hydrogen-bond acceptors (Lipinski definition) is 6. The number of aromatic hydroxyl groups is 1. The normalized spacial score (nSPS) is 10.7. The van der Waals surface area contributed by atoms with E-state index in [0.29, 0.717) is 22.9 Å². The van der Waals surface area contributed by atoms with Crippen LogP contribution in [0.5, 0.6) is 23.0 Å². The van der Waals surface area contributed by atoms with Crippen molar-refractivity contribution in [2.75, 3.05) is 21.3 Å². The van der Waals surface area contributed by atoms with Crippen LogP contribution in [0.1, 0.15) is 0 Å². The van der Waals surface area contributed by atoms with Gasteiger partial charge in [-0.3, -0.25) is 0 Å². The summed E-state index contributed by atoms with van der Waals surface area (Å²) in [7, 11) is 4.49. The predicted octanol–water partition coefficient (Wildman–Crippen LogP) is 3.97. The molecule has 0 amide bonds. The molecule has 0 fully saturated rings. The number of methoxy groups -OCH3 is 3. The van der Waals surface area contributed by atoms with Gasteiger partial charge in [-0.2, -0.15) is 10.2 Å². The van der Waals surface area contributed by atoms with Gasteiger partial charge in [-0.25, -0.2) is 4.39 Å². The Hall–Kier alpha value is -2.83.